The average molecular weight is 434 g/mol. The largest absolute Gasteiger partial charge is 0.490 e. The second-order valence-electron chi connectivity index (χ2n) is 8.20. The van der Waals surface area contributed by atoms with Gasteiger partial charge in [-0.2, -0.15) is 5.26 Å². The summed E-state index contributed by atoms with van der Waals surface area (Å²) in [5, 5.41) is 16.9. The van der Waals surface area contributed by atoms with Crippen molar-refractivity contribution in [2.75, 3.05) is 18.0 Å². The lowest BCUT2D eigenvalue weighted by Gasteiger charge is -2.30. The number of oxime groups is 1. The highest BCUT2D eigenvalue weighted by Gasteiger charge is 2.32. The van der Waals surface area contributed by atoms with E-state index in [4.69, 9.17) is 15.3 Å². The fourth-order valence-electron chi connectivity index (χ4n) is 4.31. The second-order valence-corrected chi connectivity index (χ2v) is 8.20. The van der Waals surface area contributed by atoms with Crippen molar-refractivity contribution in [1.82, 2.24) is 5.32 Å². The Bertz CT molecular complexity index is 1110. The van der Waals surface area contributed by atoms with Crippen LogP contribution in [0.4, 0.5) is 5.69 Å². The van der Waals surface area contributed by atoms with E-state index < -0.39 is 6.23 Å². The maximum absolute atomic E-state index is 12.3. The summed E-state index contributed by atoms with van der Waals surface area (Å²) in [4.78, 5) is 19.9. The van der Waals surface area contributed by atoms with Gasteiger partial charge in [-0.1, -0.05) is 11.2 Å². The predicted octanol–water partition coefficient (Wildman–Crippen LogP) is 2.85. The van der Waals surface area contributed by atoms with Crippen molar-refractivity contribution in [1.29, 1.82) is 5.26 Å². The summed E-state index contributed by atoms with van der Waals surface area (Å²) in [5.41, 5.74) is 11.0. The summed E-state index contributed by atoms with van der Waals surface area (Å²) in [6.45, 7) is 6.61. The Morgan fingerprint density at radius 3 is 2.94 bits per heavy atom. The van der Waals surface area contributed by atoms with Crippen molar-refractivity contribution < 1.29 is 14.4 Å². The summed E-state index contributed by atoms with van der Waals surface area (Å²) >= 11 is 0. The average Bonchev–Trinajstić information content (AvgIpc) is 3.28. The molecule has 2 heterocycles. The number of hydrogen-bond acceptors (Lipinski definition) is 8. The van der Waals surface area contributed by atoms with Crippen molar-refractivity contribution in [3.05, 3.63) is 58.1 Å². The minimum absolute atomic E-state index is 0.00431. The summed E-state index contributed by atoms with van der Waals surface area (Å²) in [7, 11) is 0. The van der Waals surface area contributed by atoms with Crippen LogP contribution in [0.3, 0.4) is 0 Å². The third-order valence-electron chi connectivity index (χ3n) is 5.80. The topological polar surface area (TPSA) is 113 Å². The third kappa shape index (κ3) is 3.93. The number of anilines is 1. The highest BCUT2D eigenvalue weighted by Crippen LogP contribution is 2.38. The Kier molecular flexibility index (Phi) is 6.12. The first-order valence-corrected chi connectivity index (χ1v) is 10.7. The molecular formula is C24H27N5O3. The summed E-state index contributed by atoms with van der Waals surface area (Å²) in [6, 6.07) is 11.2. The SMILES string of the molecule is Cc1c(N2C=NOC2c2ccc(OC(C)C)c(C#N)c2)ccc2c1CCNC2C(=O)CN. The van der Waals surface area contributed by atoms with E-state index in [9.17, 15) is 10.1 Å². The van der Waals surface area contributed by atoms with Gasteiger partial charge in [0.25, 0.3) is 0 Å². The maximum atomic E-state index is 12.3. The standard InChI is InChI=1S/C24H27N5O3/c1-14(2)31-22-7-4-16(10-17(22)11-25)24-29(13-28-32-24)20-6-5-19-18(15(20)3)8-9-27-23(19)21(30)12-26/h4-7,10,13-14,23-24,27H,8-9,12,26H2,1-3H3. The first kappa shape index (κ1) is 21.8. The number of ketones is 1. The number of Topliss-reactive ketones (excluding diaryl/α,β-unsaturated/α-hetero) is 1. The van der Waals surface area contributed by atoms with Crippen LogP contribution in [0.2, 0.25) is 0 Å². The van der Waals surface area contributed by atoms with Gasteiger partial charge >= 0.3 is 0 Å². The number of carbonyl (C=O) groups excluding carboxylic acids is 1. The van der Waals surface area contributed by atoms with Gasteiger partial charge in [-0.25, -0.2) is 0 Å². The molecule has 8 nitrogen and oxygen atoms in total. The molecule has 2 unspecified atom stereocenters. The second kappa shape index (κ2) is 8.99. The van der Waals surface area contributed by atoms with Crippen LogP contribution >= 0.6 is 0 Å². The maximum Gasteiger partial charge on any atom is 0.231 e. The normalized spacial score (nSPS) is 19.4. The van der Waals surface area contributed by atoms with Gasteiger partial charge in [-0.3, -0.25) is 9.69 Å². The summed E-state index contributed by atoms with van der Waals surface area (Å²) in [6.07, 6.45) is 1.93. The van der Waals surface area contributed by atoms with Crippen LogP contribution in [-0.2, 0) is 16.1 Å². The van der Waals surface area contributed by atoms with Gasteiger partial charge in [0.15, 0.2) is 5.78 Å². The number of nitrogens with one attached hydrogen (secondary N) is 1. The van der Waals surface area contributed by atoms with Crippen molar-refractivity contribution in [2.45, 2.75) is 45.6 Å². The molecule has 0 saturated carbocycles. The molecule has 3 N–H and O–H groups in total. The molecule has 0 amide bonds. The molecule has 0 spiro atoms. The lowest BCUT2D eigenvalue weighted by Crippen LogP contribution is -2.38. The number of nitrogens with zero attached hydrogens (tertiary/aromatic N) is 3. The van der Waals surface area contributed by atoms with Crippen molar-refractivity contribution in [2.24, 2.45) is 10.9 Å². The first-order valence-electron chi connectivity index (χ1n) is 10.7. The van der Waals surface area contributed by atoms with E-state index in [0.29, 0.717) is 17.9 Å². The molecule has 0 aromatic heterocycles. The molecule has 8 heteroatoms. The van der Waals surface area contributed by atoms with E-state index >= 15 is 0 Å². The molecule has 32 heavy (non-hydrogen) atoms. The number of nitriles is 1. The van der Waals surface area contributed by atoms with E-state index in [1.54, 1.807) is 18.5 Å². The third-order valence-corrected chi connectivity index (χ3v) is 5.80. The molecule has 2 aliphatic heterocycles. The monoisotopic (exact) mass is 433 g/mol. The van der Waals surface area contributed by atoms with Gasteiger partial charge in [-0.05, 0) is 68.1 Å². The lowest BCUT2D eigenvalue weighted by atomic mass is 9.88. The number of benzene rings is 2. The Hall–Kier alpha value is -3.41. The van der Waals surface area contributed by atoms with E-state index in [1.807, 2.05) is 43.9 Å². The van der Waals surface area contributed by atoms with Crippen molar-refractivity contribution >= 4 is 17.8 Å². The van der Waals surface area contributed by atoms with Crippen LogP contribution in [0.25, 0.3) is 0 Å². The van der Waals surface area contributed by atoms with Gasteiger partial charge in [0.2, 0.25) is 6.23 Å². The number of ether oxygens (including phenoxy) is 1. The number of rotatable bonds is 6. The minimum atomic E-state index is -0.505. The van der Waals surface area contributed by atoms with Gasteiger partial charge in [0, 0.05) is 17.8 Å². The summed E-state index contributed by atoms with van der Waals surface area (Å²) in [5.74, 6) is 0.527. The van der Waals surface area contributed by atoms with E-state index in [0.717, 1.165) is 34.4 Å². The number of nitrogens with two attached hydrogens (primary N) is 1. The lowest BCUT2D eigenvalue weighted by molar-refractivity contribution is -0.120. The van der Waals surface area contributed by atoms with Crippen LogP contribution in [0.15, 0.2) is 35.5 Å². The zero-order valence-corrected chi connectivity index (χ0v) is 18.5. The van der Waals surface area contributed by atoms with Crippen LogP contribution in [-0.4, -0.2) is 31.3 Å². The molecule has 0 radical (unpaired) electrons. The van der Waals surface area contributed by atoms with E-state index in [2.05, 4.69) is 16.5 Å². The highest BCUT2D eigenvalue weighted by atomic mass is 16.7. The molecule has 2 aliphatic rings. The molecule has 166 valence electrons. The Balaban J connectivity index is 1.68. The Labute approximate surface area is 187 Å². The zero-order chi connectivity index (χ0) is 22.8. The van der Waals surface area contributed by atoms with Crippen molar-refractivity contribution in [3.63, 3.8) is 0 Å². The number of carbonyl (C=O) groups is 1. The Morgan fingerprint density at radius 1 is 1.41 bits per heavy atom. The highest BCUT2D eigenvalue weighted by molar-refractivity contribution is 5.89. The molecule has 0 fully saturated rings. The first-order chi connectivity index (χ1) is 15.4. The Morgan fingerprint density at radius 2 is 2.22 bits per heavy atom. The van der Waals surface area contributed by atoms with Crippen molar-refractivity contribution in [3.8, 4) is 11.8 Å². The van der Waals surface area contributed by atoms with E-state index in [1.165, 1.54) is 0 Å². The van der Waals surface area contributed by atoms with E-state index in [-0.39, 0.29) is 24.5 Å². The van der Waals surface area contributed by atoms with Gasteiger partial charge in [0.1, 0.15) is 18.2 Å². The molecule has 4 rings (SSSR count). The summed E-state index contributed by atoms with van der Waals surface area (Å²) < 4.78 is 5.73. The fourth-order valence-corrected chi connectivity index (χ4v) is 4.31. The van der Waals surface area contributed by atoms with Crippen LogP contribution in [0, 0.1) is 18.3 Å². The van der Waals surface area contributed by atoms with Crippen LogP contribution in [0.1, 0.15) is 53.9 Å². The number of fused-ring (bicyclic) bond motifs is 1. The zero-order valence-electron chi connectivity index (χ0n) is 18.5. The quantitative estimate of drug-likeness (QED) is 0.720. The molecule has 2 aromatic rings. The molecule has 0 bridgehead atoms. The van der Waals surface area contributed by atoms with Crippen LogP contribution < -0.4 is 20.7 Å². The smallest absolute Gasteiger partial charge is 0.231 e. The van der Waals surface area contributed by atoms with Gasteiger partial charge in [0.05, 0.1) is 24.3 Å². The fraction of sp³-hybridized carbons (Fsp3) is 0.375. The molecule has 0 saturated heterocycles. The molecule has 2 aromatic carbocycles. The predicted molar refractivity (Wildman–Crippen MR) is 121 cm³/mol. The van der Waals surface area contributed by atoms with Crippen LogP contribution in [0.5, 0.6) is 5.75 Å². The van der Waals surface area contributed by atoms with Gasteiger partial charge in [-0.15, -0.1) is 0 Å². The molecule has 2 atom stereocenters. The van der Waals surface area contributed by atoms with Gasteiger partial charge < -0.3 is 20.6 Å². The molecule has 0 aliphatic carbocycles. The minimum Gasteiger partial charge on any atom is -0.490 e. The number of hydrogen-bond donors (Lipinski definition) is 2. The molecular weight excluding hydrogens is 406 g/mol.